The molecule has 9 heteroatoms. The highest BCUT2D eigenvalue weighted by Gasteiger charge is 2.12. The quantitative estimate of drug-likeness (QED) is 0.408. The number of anilines is 2. The molecule has 0 bridgehead atoms. The zero-order chi connectivity index (χ0) is 20.5. The largest absolute Gasteiger partial charge is 0.456 e. The number of ether oxygens (including phenoxy) is 1. The number of esters is 1. The maximum Gasteiger partial charge on any atom is 0.306 e. The number of amides is 2. The molecule has 2 amide bonds. The van der Waals surface area contributed by atoms with Crippen LogP contribution in [0.4, 0.5) is 17.1 Å². The summed E-state index contributed by atoms with van der Waals surface area (Å²) in [6.07, 6.45) is -0.403. The van der Waals surface area contributed by atoms with Gasteiger partial charge in [-0.05, 0) is 30.7 Å². The van der Waals surface area contributed by atoms with Crippen LogP contribution >= 0.6 is 0 Å². The Hall–Kier alpha value is -3.75. The van der Waals surface area contributed by atoms with Crippen molar-refractivity contribution in [2.45, 2.75) is 19.8 Å². The zero-order valence-electron chi connectivity index (χ0n) is 15.1. The number of non-ortho nitro benzene ring substituents is 1. The first-order valence-corrected chi connectivity index (χ1v) is 8.40. The lowest BCUT2D eigenvalue weighted by Crippen LogP contribution is -2.21. The lowest BCUT2D eigenvalue weighted by Gasteiger charge is -2.07. The topological polar surface area (TPSA) is 128 Å². The smallest absolute Gasteiger partial charge is 0.306 e. The van der Waals surface area contributed by atoms with Gasteiger partial charge in [0.2, 0.25) is 5.91 Å². The first kappa shape index (κ1) is 20.6. The van der Waals surface area contributed by atoms with Gasteiger partial charge in [0.05, 0.1) is 11.3 Å². The molecule has 0 aliphatic rings. The van der Waals surface area contributed by atoms with Gasteiger partial charge in [0.15, 0.2) is 6.61 Å². The molecular weight excluding hydrogens is 366 g/mol. The predicted octanol–water partition coefficient (Wildman–Crippen LogP) is 2.80. The van der Waals surface area contributed by atoms with Crippen LogP contribution in [0.5, 0.6) is 0 Å². The SMILES string of the molecule is Cc1cccc(NC(=O)COC(=O)CCC(=O)Nc2cccc([N+](=O)[O-])c2)c1. The predicted molar refractivity (Wildman–Crippen MR) is 102 cm³/mol. The summed E-state index contributed by atoms with van der Waals surface area (Å²) in [5, 5.41) is 15.8. The van der Waals surface area contributed by atoms with Gasteiger partial charge in [-0.25, -0.2) is 0 Å². The van der Waals surface area contributed by atoms with E-state index in [1.54, 1.807) is 18.2 Å². The third kappa shape index (κ3) is 6.87. The van der Waals surface area contributed by atoms with Gasteiger partial charge in [0, 0.05) is 29.9 Å². The average Bonchev–Trinajstić information content (AvgIpc) is 2.65. The number of hydrogen-bond acceptors (Lipinski definition) is 6. The van der Waals surface area contributed by atoms with Crippen LogP contribution in [0.1, 0.15) is 18.4 Å². The number of carbonyl (C=O) groups excluding carboxylic acids is 3. The Labute approximate surface area is 160 Å². The fourth-order valence-corrected chi connectivity index (χ4v) is 2.27. The third-order valence-corrected chi connectivity index (χ3v) is 3.56. The Morgan fingerprint density at radius 2 is 1.61 bits per heavy atom. The minimum absolute atomic E-state index is 0.156. The fourth-order valence-electron chi connectivity index (χ4n) is 2.27. The number of nitrogens with zero attached hydrogens (tertiary/aromatic N) is 1. The van der Waals surface area contributed by atoms with Crippen LogP contribution in [-0.4, -0.2) is 29.3 Å². The molecule has 2 rings (SSSR count). The van der Waals surface area contributed by atoms with Gasteiger partial charge in [-0.15, -0.1) is 0 Å². The number of benzene rings is 2. The van der Waals surface area contributed by atoms with Gasteiger partial charge in [-0.2, -0.15) is 0 Å². The van der Waals surface area contributed by atoms with Crippen molar-refractivity contribution in [2.75, 3.05) is 17.2 Å². The second-order valence-corrected chi connectivity index (χ2v) is 5.93. The molecule has 0 spiro atoms. The lowest BCUT2D eigenvalue weighted by molar-refractivity contribution is -0.384. The number of aryl methyl sites for hydroxylation is 1. The Morgan fingerprint density at radius 1 is 0.964 bits per heavy atom. The fraction of sp³-hybridized carbons (Fsp3) is 0.211. The van der Waals surface area contributed by atoms with Gasteiger partial charge in [-0.3, -0.25) is 24.5 Å². The number of nitro groups is 1. The molecule has 0 saturated heterocycles. The third-order valence-electron chi connectivity index (χ3n) is 3.56. The van der Waals surface area contributed by atoms with E-state index in [0.29, 0.717) is 5.69 Å². The lowest BCUT2D eigenvalue weighted by atomic mass is 10.2. The maximum absolute atomic E-state index is 11.8. The molecule has 146 valence electrons. The van der Waals surface area contributed by atoms with Crippen molar-refractivity contribution < 1.29 is 24.0 Å². The maximum atomic E-state index is 11.8. The molecule has 0 aromatic heterocycles. The monoisotopic (exact) mass is 385 g/mol. The van der Waals surface area contributed by atoms with E-state index in [-0.39, 0.29) is 24.2 Å². The van der Waals surface area contributed by atoms with Crippen LogP contribution in [0.3, 0.4) is 0 Å². The molecule has 0 saturated carbocycles. The summed E-state index contributed by atoms with van der Waals surface area (Å²) in [5.74, 6) is -1.68. The first-order valence-electron chi connectivity index (χ1n) is 8.40. The van der Waals surface area contributed by atoms with Crippen LogP contribution in [0, 0.1) is 17.0 Å². The number of nitro benzene ring substituents is 1. The Morgan fingerprint density at radius 3 is 2.29 bits per heavy atom. The Bertz CT molecular complexity index is 897. The van der Waals surface area contributed by atoms with E-state index in [9.17, 15) is 24.5 Å². The molecule has 2 aromatic carbocycles. The summed E-state index contributed by atoms with van der Waals surface area (Å²) in [6.45, 7) is 1.42. The molecule has 0 unspecified atom stereocenters. The first-order chi connectivity index (χ1) is 13.3. The van der Waals surface area contributed by atoms with Crippen LogP contribution in [0.2, 0.25) is 0 Å². The van der Waals surface area contributed by atoms with E-state index in [0.717, 1.165) is 5.56 Å². The summed E-state index contributed by atoms with van der Waals surface area (Å²) < 4.78 is 4.84. The summed E-state index contributed by atoms with van der Waals surface area (Å²) in [6, 6.07) is 12.6. The Balaban J connectivity index is 1.71. The van der Waals surface area contributed by atoms with Gasteiger partial charge in [0.25, 0.3) is 11.6 Å². The molecular formula is C19H19N3O6. The van der Waals surface area contributed by atoms with E-state index >= 15 is 0 Å². The molecule has 0 aliphatic carbocycles. The van der Waals surface area contributed by atoms with Crippen molar-refractivity contribution in [3.05, 3.63) is 64.2 Å². The highest BCUT2D eigenvalue weighted by molar-refractivity contribution is 5.94. The number of carbonyl (C=O) groups is 3. The van der Waals surface area contributed by atoms with E-state index in [4.69, 9.17) is 4.74 Å². The number of rotatable bonds is 8. The molecule has 0 aliphatic heterocycles. The van der Waals surface area contributed by atoms with Gasteiger partial charge in [0.1, 0.15) is 0 Å². The molecule has 9 nitrogen and oxygen atoms in total. The van der Waals surface area contributed by atoms with E-state index in [1.165, 1.54) is 24.3 Å². The van der Waals surface area contributed by atoms with Gasteiger partial charge < -0.3 is 15.4 Å². The molecule has 2 N–H and O–H groups in total. The van der Waals surface area contributed by atoms with E-state index in [2.05, 4.69) is 10.6 Å². The van der Waals surface area contributed by atoms with Crippen LogP contribution in [0.15, 0.2) is 48.5 Å². The van der Waals surface area contributed by atoms with Gasteiger partial charge >= 0.3 is 5.97 Å². The van der Waals surface area contributed by atoms with Gasteiger partial charge in [-0.1, -0.05) is 18.2 Å². The summed E-state index contributed by atoms with van der Waals surface area (Å²) in [4.78, 5) is 45.4. The van der Waals surface area contributed by atoms with Crippen LogP contribution < -0.4 is 10.6 Å². The second-order valence-electron chi connectivity index (χ2n) is 5.93. The summed E-state index contributed by atoms with van der Waals surface area (Å²) in [7, 11) is 0. The normalized spacial score (nSPS) is 10.0. The second kappa shape index (κ2) is 9.81. The average molecular weight is 385 g/mol. The molecule has 0 radical (unpaired) electrons. The molecule has 28 heavy (non-hydrogen) atoms. The molecule has 2 aromatic rings. The molecule has 0 fully saturated rings. The highest BCUT2D eigenvalue weighted by atomic mass is 16.6. The molecule has 0 atom stereocenters. The van der Waals surface area contributed by atoms with Crippen molar-refractivity contribution in [1.29, 1.82) is 0 Å². The standard InChI is InChI=1S/C19H19N3O6/c1-13-4-2-5-14(10-13)21-18(24)12-28-19(25)9-8-17(23)20-15-6-3-7-16(11-15)22(26)27/h2-7,10-11H,8-9,12H2,1H3,(H,20,23)(H,21,24). The molecule has 0 heterocycles. The van der Waals surface area contributed by atoms with Crippen molar-refractivity contribution in [3.8, 4) is 0 Å². The summed E-state index contributed by atoms with van der Waals surface area (Å²) in [5.41, 5.74) is 1.67. The number of hydrogen-bond donors (Lipinski definition) is 2. The van der Waals surface area contributed by atoms with Crippen molar-refractivity contribution in [3.63, 3.8) is 0 Å². The zero-order valence-corrected chi connectivity index (χ0v) is 15.1. The number of nitrogens with one attached hydrogen (secondary N) is 2. The van der Waals surface area contributed by atoms with E-state index in [1.807, 2.05) is 13.0 Å². The van der Waals surface area contributed by atoms with Crippen molar-refractivity contribution in [1.82, 2.24) is 0 Å². The summed E-state index contributed by atoms with van der Waals surface area (Å²) >= 11 is 0. The van der Waals surface area contributed by atoms with Crippen LogP contribution in [0.25, 0.3) is 0 Å². The minimum Gasteiger partial charge on any atom is -0.456 e. The minimum atomic E-state index is -0.700. The Kier molecular flexibility index (Phi) is 7.21. The highest BCUT2D eigenvalue weighted by Crippen LogP contribution is 2.17. The van der Waals surface area contributed by atoms with E-state index < -0.39 is 29.3 Å². The van der Waals surface area contributed by atoms with Crippen LogP contribution in [-0.2, 0) is 19.1 Å². The van der Waals surface area contributed by atoms with Crippen molar-refractivity contribution >= 4 is 34.8 Å². The van der Waals surface area contributed by atoms with Crippen molar-refractivity contribution in [2.24, 2.45) is 0 Å².